The van der Waals surface area contributed by atoms with E-state index >= 15 is 0 Å². The highest BCUT2D eigenvalue weighted by molar-refractivity contribution is 14.0. The molecule has 2 aromatic rings. The van der Waals surface area contributed by atoms with Gasteiger partial charge in [-0.2, -0.15) is 0 Å². The molecule has 172 valence electrons. The number of nitrogens with one attached hydrogen (secondary N) is 2. The highest BCUT2D eigenvalue weighted by Crippen LogP contribution is 2.20. The van der Waals surface area contributed by atoms with E-state index < -0.39 is 0 Å². The molecule has 1 saturated heterocycles. The Kier molecular flexibility index (Phi) is 10.3. The number of guanidine groups is 1. The third-order valence-corrected chi connectivity index (χ3v) is 6.36. The van der Waals surface area contributed by atoms with Gasteiger partial charge >= 0.3 is 0 Å². The van der Waals surface area contributed by atoms with Gasteiger partial charge in [0.25, 0.3) is 0 Å². The highest BCUT2D eigenvalue weighted by Gasteiger charge is 2.22. The Morgan fingerprint density at radius 3 is 2.45 bits per heavy atom. The lowest BCUT2D eigenvalue weighted by Gasteiger charge is -2.32. The minimum absolute atomic E-state index is 0. The number of halogens is 1. The lowest BCUT2D eigenvalue weighted by Crippen LogP contribution is -2.46. The van der Waals surface area contributed by atoms with Crippen molar-refractivity contribution in [3.05, 3.63) is 53.2 Å². The number of benzene rings is 1. The summed E-state index contributed by atoms with van der Waals surface area (Å²) in [5, 5.41) is 7.10. The molecule has 2 atom stereocenters. The average Bonchev–Trinajstić information content (AvgIpc) is 3.08. The zero-order chi connectivity index (χ0) is 21.5. The van der Waals surface area contributed by atoms with Crippen LogP contribution in [0.5, 0.6) is 0 Å². The molecule has 1 aromatic heterocycles. The lowest BCUT2D eigenvalue weighted by molar-refractivity contribution is 0.164. The largest absolute Gasteiger partial charge is 0.444 e. The molecule has 0 saturated carbocycles. The molecule has 6 nitrogen and oxygen atoms in total. The summed E-state index contributed by atoms with van der Waals surface area (Å²) in [7, 11) is 1.85. The first-order valence-electron chi connectivity index (χ1n) is 11.1. The molecular formula is C24H38IN5O. The summed E-state index contributed by atoms with van der Waals surface area (Å²) in [6.07, 6.45) is 2.36. The predicted octanol–water partition coefficient (Wildman–Crippen LogP) is 4.48. The molecule has 2 heterocycles. The van der Waals surface area contributed by atoms with Gasteiger partial charge in [0.05, 0.1) is 12.2 Å². The second-order valence-corrected chi connectivity index (χ2v) is 8.55. The van der Waals surface area contributed by atoms with Crippen LogP contribution in [0.3, 0.4) is 0 Å². The van der Waals surface area contributed by atoms with E-state index in [4.69, 9.17) is 4.42 Å². The summed E-state index contributed by atoms with van der Waals surface area (Å²) in [4.78, 5) is 11.4. The molecule has 1 aliphatic rings. The van der Waals surface area contributed by atoms with E-state index in [-0.39, 0.29) is 24.0 Å². The van der Waals surface area contributed by atoms with Gasteiger partial charge in [0.1, 0.15) is 5.76 Å². The number of oxazole rings is 1. The molecule has 0 spiro atoms. The van der Waals surface area contributed by atoms with E-state index in [1.807, 2.05) is 20.9 Å². The second-order valence-electron chi connectivity index (χ2n) is 8.55. The Balaban J connectivity index is 0.00000341. The average molecular weight is 540 g/mol. The van der Waals surface area contributed by atoms with Crippen molar-refractivity contribution in [3.63, 3.8) is 0 Å². The topological polar surface area (TPSA) is 65.7 Å². The lowest BCUT2D eigenvalue weighted by atomic mass is 9.94. The Hall–Kier alpha value is -1.61. The van der Waals surface area contributed by atoms with E-state index in [0.717, 1.165) is 49.5 Å². The molecule has 31 heavy (non-hydrogen) atoms. The van der Waals surface area contributed by atoms with Gasteiger partial charge in [-0.1, -0.05) is 37.3 Å². The number of aromatic nitrogens is 1. The molecule has 1 fully saturated rings. The van der Waals surface area contributed by atoms with Crippen LogP contribution in [0.2, 0.25) is 0 Å². The maximum Gasteiger partial charge on any atom is 0.208 e. The van der Waals surface area contributed by atoms with Gasteiger partial charge in [-0.3, -0.25) is 9.89 Å². The van der Waals surface area contributed by atoms with Crippen molar-refractivity contribution < 1.29 is 4.42 Å². The minimum Gasteiger partial charge on any atom is -0.444 e. The van der Waals surface area contributed by atoms with E-state index in [0.29, 0.717) is 17.9 Å². The highest BCUT2D eigenvalue weighted by atomic mass is 127. The summed E-state index contributed by atoms with van der Waals surface area (Å²) in [5.74, 6) is 3.73. The molecule has 3 rings (SSSR count). The molecular weight excluding hydrogens is 501 g/mol. The molecule has 0 bridgehead atoms. The summed E-state index contributed by atoms with van der Waals surface area (Å²) >= 11 is 0. The summed E-state index contributed by atoms with van der Waals surface area (Å²) in [6.45, 7) is 12.4. The third kappa shape index (κ3) is 7.49. The summed E-state index contributed by atoms with van der Waals surface area (Å²) in [5.41, 5.74) is 2.34. The minimum atomic E-state index is 0. The fraction of sp³-hybridized carbons (Fsp3) is 0.583. The van der Waals surface area contributed by atoms with Crippen molar-refractivity contribution in [1.82, 2.24) is 20.5 Å². The number of piperidine rings is 1. The number of aliphatic imine (C=N–C) groups is 1. The maximum absolute atomic E-state index is 5.74. The van der Waals surface area contributed by atoms with Crippen LogP contribution in [-0.4, -0.2) is 48.6 Å². The molecule has 1 aliphatic heterocycles. The Labute approximate surface area is 204 Å². The van der Waals surface area contributed by atoms with E-state index in [1.54, 1.807) is 0 Å². The van der Waals surface area contributed by atoms with Crippen molar-refractivity contribution in [2.45, 2.75) is 59.0 Å². The smallest absolute Gasteiger partial charge is 0.208 e. The van der Waals surface area contributed by atoms with Crippen LogP contribution >= 0.6 is 24.0 Å². The van der Waals surface area contributed by atoms with Gasteiger partial charge in [0.15, 0.2) is 5.96 Å². The standard InChI is InChI=1S/C24H37N5O.HI/c1-17(22-9-7-6-8-10-22)18(2)28-24(25-5)26-15-21-11-13-29(14-12-21)16-23-27-19(3)20(4)30-23;/h6-10,17-18,21H,11-16H2,1-5H3,(H2,25,26,28);1H. The number of aryl methyl sites for hydroxylation is 2. The number of rotatable bonds is 7. The second kappa shape index (κ2) is 12.4. The molecule has 7 heteroatoms. The fourth-order valence-corrected chi connectivity index (χ4v) is 3.97. The van der Waals surface area contributed by atoms with Crippen molar-refractivity contribution in [1.29, 1.82) is 0 Å². The van der Waals surface area contributed by atoms with Crippen LogP contribution in [0, 0.1) is 19.8 Å². The monoisotopic (exact) mass is 539 g/mol. The fourth-order valence-electron chi connectivity index (χ4n) is 3.97. The molecule has 0 aliphatic carbocycles. The number of likely N-dealkylation sites (tertiary alicyclic amines) is 1. The Bertz CT molecular complexity index is 795. The first-order chi connectivity index (χ1) is 14.5. The first-order valence-corrected chi connectivity index (χ1v) is 11.1. The van der Waals surface area contributed by atoms with Crippen LogP contribution in [0.4, 0.5) is 0 Å². The van der Waals surface area contributed by atoms with Crippen molar-refractivity contribution >= 4 is 29.9 Å². The zero-order valence-corrected chi connectivity index (χ0v) is 21.8. The van der Waals surface area contributed by atoms with Gasteiger partial charge in [-0.05, 0) is 58.2 Å². The maximum atomic E-state index is 5.74. The van der Waals surface area contributed by atoms with Crippen LogP contribution in [0.1, 0.15) is 55.5 Å². The van der Waals surface area contributed by atoms with Gasteiger partial charge in [-0.15, -0.1) is 24.0 Å². The quantitative estimate of drug-likeness (QED) is 0.309. The van der Waals surface area contributed by atoms with E-state index in [9.17, 15) is 0 Å². The molecule has 0 amide bonds. The van der Waals surface area contributed by atoms with Gasteiger partial charge in [0.2, 0.25) is 5.89 Å². The van der Waals surface area contributed by atoms with Gasteiger partial charge < -0.3 is 15.1 Å². The van der Waals surface area contributed by atoms with Gasteiger partial charge in [0, 0.05) is 25.6 Å². The number of hydrogen-bond donors (Lipinski definition) is 2. The van der Waals surface area contributed by atoms with Crippen LogP contribution in [-0.2, 0) is 6.54 Å². The molecule has 2 unspecified atom stereocenters. The number of hydrogen-bond acceptors (Lipinski definition) is 4. The zero-order valence-electron chi connectivity index (χ0n) is 19.5. The summed E-state index contributed by atoms with van der Waals surface area (Å²) < 4.78 is 5.74. The molecule has 1 aromatic carbocycles. The van der Waals surface area contributed by atoms with Crippen LogP contribution in [0.15, 0.2) is 39.7 Å². The van der Waals surface area contributed by atoms with Crippen molar-refractivity contribution in [3.8, 4) is 0 Å². The van der Waals surface area contributed by atoms with Crippen LogP contribution < -0.4 is 10.6 Å². The summed E-state index contributed by atoms with van der Waals surface area (Å²) in [6, 6.07) is 10.9. The van der Waals surface area contributed by atoms with Gasteiger partial charge in [-0.25, -0.2) is 4.98 Å². The molecule has 2 N–H and O–H groups in total. The Morgan fingerprint density at radius 2 is 1.87 bits per heavy atom. The van der Waals surface area contributed by atoms with Crippen molar-refractivity contribution in [2.75, 3.05) is 26.7 Å². The van der Waals surface area contributed by atoms with E-state index in [2.05, 4.69) is 69.7 Å². The SMILES string of the molecule is CN=C(NCC1CCN(Cc2nc(C)c(C)o2)CC1)NC(C)C(C)c1ccccc1.I. The normalized spacial score (nSPS) is 17.6. The predicted molar refractivity (Wildman–Crippen MR) is 138 cm³/mol. The Morgan fingerprint density at radius 1 is 1.19 bits per heavy atom. The first kappa shape index (κ1) is 25.6. The third-order valence-electron chi connectivity index (χ3n) is 6.36. The number of nitrogens with zero attached hydrogens (tertiary/aromatic N) is 3. The van der Waals surface area contributed by atoms with Crippen molar-refractivity contribution in [2.24, 2.45) is 10.9 Å². The molecule has 0 radical (unpaired) electrons. The van der Waals surface area contributed by atoms with Crippen LogP contribution in [0.25, 0.3) is 0 Å². The van der Waals surface area contributed by atoms with E-state index in [1.165, 1.54) is 18.4 Å².